The highest BCUT2D eigenvalue weighted by Crippen LogP contribution is 2.25. The van der Waals surface area contributed by atoms with E-state index in [1.54, 1.807) is 19.2 Å². The molecule has 6 nitrogen and oxygen atoms in total. The van der Waals surface area contributed by atoms with E-state index in [0.29, 0.717) is 30.1 Å². The summed E-state index contributed by atoms with van der Waals surface area (Å²) in [5.74, 6) is 0.374. The minimum atomic E-state index is -0.231. The summed E-state index contributed by atoms with van der Waals surface area (Å²) in [5, 5.41) is 2.93. The van der Waals surface area contributed by atoms with Crippen LogP contribution >= 0.6 is 15.9 Å². The number of benzene rings is 3. The van der Waals surface area contributed by atoms with Gasteiger partial charge in [0.2, 0.25) is 0 Å². The van der Waals surface area contributed by atoms with Crippen molar-refractivity contribution in [1.29, 1.82) is 0 Å². The van der Waals surface area contributed by atoms with Crippen LogP contribution in [0.15, 0.2) is 71.2 Å². The lowest BCUT2D eigenvalue weighted by Crippen LogP contribution is -2.48. The minimum Gasteiger partial charge on any atom is -0.496 e. The lowest BCUT2D eigenvalue weighted by Gasteiger charge is -2.36. The summed E-state index contributed by atoms with van der Waals surface area (Å²) in [6.45, 7) is 4.99. The predicted octanol–water partition coefficient (Wildman–Crippen LogP) is 5.23. The van der Waals surface area contributed by atoms with E-state index in [4.69, 9.17) is 4.74 Å². The van der Waals surface area contributed by atoms with Crippen molar-refractivity contribution in [3.63, 3.8) is 0 Å². The molecule has 0 bridgehead atoms. The summed E-state index contributed by atoms with van der Waals surface area (Å²) in [4.78, 5) is 29.7. The largest absolute Gasteiger partial charge is 0.496 e. The number of piperazine rings is 1. The predicted molar refractivity (Wildman–Crippen MR) is 139 cm³/mol. The molecule has 1 fully saturated rings. The second-order valence-electron chi connectivity index (χ2n) is 8.18. The normalized spacial score (nSPS) is 13.5. The Labute approximate surface area is 208 Å². The summed E-state index contributed by atoms with van der Waals surface area (Å²) in [6.07, 6.45) is 0.966. The van der Waals surface area contributed by atoms with Crippen LogP contribution in [0.25, 0.3) is 0 Å². The zero-order valence-corrected chi connectivity index (χ0v) is 21.0. The SMILES string of the molecule is CCc1ccc(C(=O)N2CCN(c3ccc(NC(=O)c4cc(Br)ccc4OC)cc3)CC2)cc1. The number of amides is 2. The third-order valence-corrected chi connectivity index (χ3v) is 6.57. The lowest BCUT2D eigenvalue weighted by atomic mass is 10.1. The Morgan fingerprint density at radius 3 is 2.24 bits per heavy atom. The van der Waals surface area contributed by atoms with E-state index in [-0.39, 0.29) is 11.8 Å². The number of aryl methyl sites for hydroxylation is 1. The van der Waals surface area contributed by atoms with Gasteiger partial charge in [-0.05, 0) is 66.6 Å². The number of halogens is 1. The van der Waals surface area contributed by atoms with Gasteiger partial charge in [-0.25, -0.2) is 0 Å². The van der Waals surface area contributed by atoms with Crippen molar-refractivity contribution in [3.05, 3.63) is 87.9 Å². The molecule has 176 valence electrons. The first-order chi connectivity index (χ1) is 16.5. The molecule has 1 N–H and O–H groups in total. The number of carbonyl (C=O) groups excluding carboxylic acids is 2. The third-order valence-electron chi connectivity index (χ3n) is 6.07. The van der Waals surface area contributed by atoms with Gasteiger partial charge in [0.25, 0.3) is 11.8 Å². The average molecular weight is 522 g/mol. The number of nitrogens with one attached hydrogen (secondary N) is 1. The van der Waals surface area contributed by atoms with E-state index in [9.17, 15) is 9.59 Å². The van der Waals surface area contributed by atoms with Gasteiger partial charge in [-0.1, -0.05) is 35.0 Å². The Bertz CT molecular complexity index is 1150. The Kier molecular flexibility index (Phi) is 7.53. The van der Waals surface area contributed by atoms with E-state index in [1.165, 1.54) is 5.56 Å². The van der Waals surface area contributed by atoms with Gasteiger partial charge in [0.05, 0.1) is 12.7 Å². The first-order valence-electron chi connectivity index (χ1n) is 11.4. The van der Waals surface area contributed by atoms with Crippen LogP contribution in [0.1, 0.15) is 33.2 Å². The number of methoxy groups -OCH3 is 1. The fraction of sp³-hybridized carbons (Fsp3) is 0.259. The smallest absolute Gasteiger partial charge is 0.259 e. The second kappa shape index (κ2) is 10.7. The first-order valence-corrected chi connectivity index (χ1v) is 12.2. The van der Waals surface area contributed by atoms with Gasteiger partial charge in [-0.2, -0.15) is 0 Å². The minimum absolute atomic E-state index is 0.0864. The molecule has 0 radical (unpaired) electrons. The van der Waals surface area contributed by atoms with Crippen molar-refractivity contribution in [2.24, 2.45) is 0 Å². The van der Waals surface area contributed by atoms with Crippen molar-refractivity contribution < 1.29 is 14.3 Å². The Hall–Kier alpha value is -3.32. The quantitative estimate of drug-likeness (QED) is 0.482. The Balaban J connectivity index is 1.34. The maximum Gasteiger partial charge on any atom is 0.259 e. The molecule has 1 aliphatic rings. The van der Waals surface area contributed by atoms with Crippen LogP contribution < -0.4 is 15.0 Å². The molecule has 0 unspecified atom stereocenters. The average Bonchev–Trinajstić information content (AvgIpc) is 2.89. The van der Waals surface area contributed by atoms with Crippen LogP contribution in [0.5, 0.6) is 5.75 Å². The molecule has 1 heterocycles. The Morgan fingerprint density at radius 2 is 1.62 bits per heavy atom. The van der Waals surface area contributed by atoms with Gasteiger partial charge in [-0.15, -0.1) is 0 Å². The number of anilines is 2. The molecule has 1 aliphatic heterocycles. The monoisotopic (exact) mass is 521 g/mol. The molecule has 3 aromatic carbocycles. The number of hydrogen-bond acceptors (Lipinski definition) is 4. The molecule has 4 rings (SSSR count). The summed E-state index contributed by atoms with van der Waals surface area (Å²) in [6, 6.07) is 21.0. The van der Waals surface area contributed by atoms with Crippen LogP contribution in [0.2, 0.25) is 0 Å². The van der Waals surface area contributed by atoms with E-state index in [2.05, 4.69) is 33.1 Å². The third kappa shape index (κ3) is 5.42. The topological polar surface area (TPSA) is 61.9 Å². The summed E-state index contributed by atoms with van der Waals surface area (Å²) >= 11 is 3.40. The highest BCUT2D eigenvalue weighted by molar-refractivity contribution is 9.10. The van der Waals surface area contributed by atoms with E-state index >= 15 is 0 Å². The number of hydrogen-bond donors (Lipinski definition) is 1. The second-order valence-corrected chi connectivity index (χ2v) is 9.09. The molecular weight excluding hydrogens is 494 g/mol. The fourth-order valence-corrected chi connectivity index (χ4v) is 4.41. The zero-order chi connectivity index (χ0) is 24.1. The van der Waals surface area contributed by atoms with Crippen molar-refractivity contribution >= 4 is 39.1 Å². The zero-order valence-electron chi connectivity index (χ0n) is 19.4. The number of carbonyl (C=O) groups is 2. The number of rotatable bonds is 6. The molecule has 0 aromatic heterocycles. The van der Waals surface area contributed by atoms with Crippen molar-refractivity contribution in [2.45, 2.75) is 13.3 Å². The van der Waals surface area contributed by atoms with Crippen LogP contribution in [0.4, 0.5) is 11.4 Å². The van der Waals surface area contributed by atoms with Crippen LogP contribution in [0, 0.1) is 0 Å². The molecular formula is C27H28BrN3O3. The van der Waals surface area contributed by atoms with E-state index < -0.39 is 0 Å². The molecule has 0 atom stereocenters. The molecule has 34 heavy (non-hydrogen) atoms. The van der Waals surface area contributed by atoms with E-state index in [1.807, 2.05) is 59.5 Å². The molecule has 0 aliphatic carbocycles. The summed E-state index contributed by atoms with van der Waals surface area (Å²) < 4.78 is 6.11. The van der Waals surface area contributed by atoms with Gasteiger partial charge in [0.15, 0.2) is 0 Å². The molecule has 0 spiro atoms. The summed E-state index contributed by atoms with van der Waals surface area (Å²) in [5.41, 5.74) is 4.22. The van der Waals surface area contributed by atoms with Gasteiger partial charge in [0, 0.05) is 47.6 Å². The van der Waals surface area contributed by atoms with E-state index in [0.717, 1.165) is 35.2 Å². The molecule has 7 heteroatoms. The van der Waals surface area contributed by atoms with Crippen LogP contribution in [0.3, 0.4) is 0 Å². The van der Waals surface area contributed by atoms with Crippen molar-refractivity contribution in [2.75, 3.05) is 43.5 Å². The van der Waals surface area contributed by atoms with Gasteiger partial charge >= 0.3 is 0 Å². The lowest BCUT2D eigenvalue weighted by molar-refractivity contribution is 0.0746. The molecule has 2 amide bonds. The van der Waals surface area contributed by atoms with Crippen LogP contribution in [-0.4, -0.2) is 50.0 Å². The fourth-order valence-electron chi connectivity index (χ4n) is 4.04. The van der Waals surface area contributed by atoms with Gasteiger partial charge in [-0.3, -0.25) is 9.59 Å². The van der Waals surface area contributed by atoms with Crippen molar-refractivity contribution in [1.82, 2.24) is 4.90 Å². The first kappa shape index (κ1) is 23.8. The number of nitrogens with zero attached hydrogens (tertiary/aromatic N) is 2. The maximum absolute atomic E-state index is 12.8. The van der Waals surface area contributed by atoms with Crippen molar-refractivity contribution in [3.8, 4) is 5.75 Å². The molecule has 0 saturated carbocycles. The van der Waals surface area contributed by atoms with Gasteiger partial charge < -0.3 is 19.9 Å². The molecule has 3 aromatic rings. The highest BCUT2D eigenvalue weighted by Gasteiger charge is 2.22. The maximum atomic E-state index is 12.8. The Morgan fingerprint density at radius 1 is 0.941 bits per heavy atom. The summed E-state index contributed by atoms with van der Waals surface area (Å²) in [7, 11) is 1.55. The van der Waals surface area contributed by atoms with Crippen LogP contribution in [-0.2, 0) is 6.42 Å². The van der Waals surface area contributed by atoms with Gasteiger partial charge in [0.1, 0.15) is 5.75 Å². The number of ether oxygens (including phenoxy) is 1. The highest BCUT2D eigenvalue weighted by atomic mass is 79.9. The standard InChI is InChI=1S/C27H28BrN3O3/c1-3-19-4-6-20(7-5-19)27(33)31-16-14-30(15-17-31)23-11-9-22(10-12-23)29-26(32)24-18-21(28)8-13-25(24)34-2/h4-13,18H,3,14-17H2,1-2H3,(H,29,32). The molecule has 1 saturated heterocycles.